The largest absolute Gasteiger partial charge is 0.492 e. The number of carbonyl (C=O) groups is 2. The number of nitrogens with zero attached hydrogens (tertiary/aromatic N) is 1. The molecule has 1 heterocycles. The predicted molar refractivity (Wildman–Crippen MR) is 131 cm³/mol. The molecular formula is C25H28ClN3O4. The average Bonchev–Trinajstić information content (AvgIpc) is 3.04. The fraction of sp³-hybridized carbons (Fsp3) is 0.280. The Balaban J connectivity index is 0.00000306. The van der Waals surface area contributed by atoms with Crippen LogP contribution in [0, 0.1) is 0 Å². The first-order chi connectivity index (χ1) is 15.3. The summed E-state index contributed by atoms with van der Waals surface area (Å²) in [7, 11) is 4.03. The van der Waals surface area contributed by atoms with Gasteiger partial charge in [0.25, 0.3) is 5.91 Å². The molecule has 0 aliphatic carbocycles. The number of hydrogen-bond donors (Lipinski definition) is 3. The van der Waals surface area contributed by atoms with Crippen LogP contribution in [-0.4, -0.2) is 54.7 Å². The molecule has 1 aliphatic heterocycles. The number of likely N-dealkylation sites (N-methyl/N-ethyl adjacent to an activating group) is 1. The lowest BCUT2D eigenvalue weighted by Gasteiger charge is -2.27. The summed E-state index contributed by atoms with van der Waals surface area (Å²) in [6, 6.07) is 19.0. The highest BCUT2D eigenvalue weighted by atomic mass is 35.5. The van der Waals surface area contributed by atoms with E-state index in [4.69, 9.17) is 4.74 Å². The smallest absolute Gasteiger partial charge is 0.322 e. The molecule has 0 saturated carbocycles. The SMILES string of the molecule is CN(C)CCOc1ccc2cc(-c3ccc(C(O)[C@@]4(C)NC(=O)NC4=O)cc3)ccc2c1.Cl. The second-order valence-corrected chi connectivity index (χ2v) is 8.51. The van der Waals surface area contributed by atoms with Gasteiger partial charge < -0.3 is 20.1 Å². The van der Waals surface area contributed by atoms with E-state index in [1.54, 1.807) is 12.1 Å². The van der Waals surface area contributed by atoms with E-state index in [0.29, 0.717) is 12.2 Å². The van der Waals surface area contributed by atoms with Crippen LogP contribution in [0.4, 0.5) is 4.79 Å². The van der Waals surface area contributed by atoms with Crippen LogP contribution in [0.2, 0.25) is 0 Å². The molecule has 3 aromatic carbocycles. The molecule has 7 nitrogen and oxygen atoms in total. The molecule has 0 spiro atoms. The molecule has 33 heavy (non-hydrogen) atoms. The highest BCUT2D eigenvalue weighted by Gasteiger charge is 2.48. The number of aliphatic hydroxyl groups is 1. The summed E-state index contributed by atoms with van der Waals surface area (Å²) in [4.78, 5) is 25.6. The van der Waals surface area contributed by atoms with Crippen molar-refractivity contribution in [1.29, 1.82) is 0 Å². The monoisotopic (exact) mass is 469 g/mol. The number of aliphatic hydroxyl groups excluding tert-OH is 1. The third kappa shape index (κ3) is 5.11. The van der Waals surface area contributed by atoms with Gasteiger partial charge in [0.2, 0.25) is 0 Å². The maximum absolute atomic E-state index is 12.1. The number of urea groups is 1. The summed E-state index contributed by atoms with van der Waals surface area (Å²) < 4.78 is 5.82. The molecule has 1 saturated heterocycles. The second kappa shape index (κ2) is 9.79. The first-order valence-electron chi connectivity index (χ1n) is 10.5. The second-order valence-electron chi connectivity index (χ2n) is 8.51. The zero-order chi connectivity index (χ0) is 22.9. The topological polar surface area (TPSA) is 90.9 Å². The van der Waals surface area contributed by atoms with E-state index in [1.165, 1.54) is 6.92 Å². The Labute approximate surface area is 199 Å². The Bertz CT molecular complexity index is 1170. The number of rotatable bonds is 7. The van der Waals surface area contributed by atoms with Crippen molar-refractivity contribution < 1.29 is 19.4 Å². The quantitative estimate of drug-likeness (QED) is 0.461. The number of imide groups is 1. The van der Waals surface area contributed by atoms with Crippen molar-refractivity contribution in [2.45, 2.75) is 18.6 Å². The molecule has 1 fully saturated rings. The Morgan fingerprint density at radius 3 is 2.24 bits per heavy atom. The normalized spacial score (nSPS) is 18.6. The van der Waals surface area contributed by atoms with Gasteiger partial charge in [-0.2, -0.15) is 0 Å². The molecule has 4 rings (SSSR count). The van der Waals surface area contributed by atoms with E-state index < -0.39 is 23.6 Å². The summed E-state index contributed by atoms with van der Waals surface area (Å²) in [5.74, 6) is 0.306. The van der Waals surface area contributed by atoms with Gasteiger partial charge in [-0.05, 0) is 66.7 Å². The van der Waals surface area contributed by atoms with Gasteiger partial charge in [0.15, 0.2) is 0 Å². The van der Waals surface area contributed by atoms with Crippen LogP contribution in [0.25, 0.3) is 21.9 Å². The van der Waals surface area contributed by atoms with Gasteiger partial charge in [-0.15, -0.1) is 12.4 Å². The number of amides is 3. The average molecular weight is 470 g/mol. The molecule has 3 N–H and O–H groups in total. The number of benzene rings is 3. The van der Waals surface area contributed by atoms with Crippen LogP contribution in [0.3, 0.4) is 0 Å². The Kier molecular flexibility index (Phi) is 7.27. The third-order valence-electron chi connectivity index (χ3n) is 5.80. The number of halogens is 1. The first-order valence-corrected chi connectivity index (χ1v) is 10.5. The van der Waals surface area contributed by atoms with E-state index in [9.17, 15) is 14.7 Å². The van der Waals surface area contributed by atoms with Crippen LogP contribution in [0.1, 0.15) is 18.6 Å². The first kappa shape index (κ1) is 24.5. The number of ether oxygens (including phenoxy) is 1. The Hall–Kier alpha value is -3.13. The van der Waals surface area contributed by atoms with Gasteiger partial charge in [-0.1, -0.05) is 42.5 Å². The highest BCUT2D eigenvalue weighted by Crippen LogP contribution is 2.31. The van der Waals surface area contributed by atoms with Crippen molar-refractivity contribution in [2.24, 2.45) is 0 Å². The molecule has 0 radical (unpaired) electrons. The fourth-order valence-corrected chi connectivity index (χ4v) is 3.78. The van der Waals surface area contributed by atoms with Crippen molar-refractivity contribution in [3.8, 4) is 16.9 Å². The molecule has 1 aliphatic rings. The molecular weight excluding hydrogens is 442 g/mol. The van der Waals surface area contributed by atoms with Gasteiger partial charge in [-0.25, -0.2) is 4.79 Å². The maximum Gasteiger partial charge on any atom is 0.322 e. The molecule has 174 valence electrons. The van der Waals surface area contributed by atoms with Crippen molar-refractivity contribution >= 4 is 35.1 Å². The lowest BCUT2D eigenvalue weighted by molar-refractivity contribution is -0.127. The van der Waals surface area contributed by atoms with Gasteiger partial charge >= 0.3 is 6.03 Å². The van der Waals surface area contributed by atoms with Gasteiger partial charge in [-0.3, -0.25) is 10.1 Å². The minimum atomic E-state index is -1.39. The van der Waals surface area contributed by atoms with E-state index in [-0.39, 0.29) is 12.4 Å². The molecule has 1 unspecified atom stereocenters. The summed E-state index contributed by atoms with van der Waals surface area (Å²) >= 11 is 0. The van der Waals surface area contributed by atoms with Crippen LogP contribution in [0.15, 0.2) is 60.7 Å². The Morgan fingerprint density at radius 2 is 1.61 bits per heavy atom. The number of hydrogen-bond acceptors (Lipinski definition) is 5. The van der Waals surface area contributed by atoms with Gasteiger partial charge in [0, 0.05) is 6.54 Å². The minimum Gasteiger partial charge on any atom is -0.492 e. The summed E-state index contributed by atoms with van der Waals surface area (Å²) in [5.41, 5.74) is 1.18. The van der Waals surface area contributed by atoms with Crippen LogP contribution in [0.5, 0.6) is 5.75 Å². The lowest BCUT2D eigenvalue weighted by Crippen LogP contribution is -2.49. The summed E-state index contributed by atoms with van der Waals surface area (Å²) in [6.07, 6.45) is -1.16. The van der Waals surface area contributed by atoms with Gasteiger partial charge in [0.05, 0.1) is 0 Å². The van der Waals surface area contributed by atoms with Gasteiger partial charge in [0.1, 0.15) is 24.0 Å². The maximum atomic E-state index is 12.1. The number of carbonyl (C=O) groups excluding carboxylic acids is 2. The van der Waals surface area contributed by atoms with Crippen molar-refractivity contribution in [3.05, 3.63) is 66.2 Å². The number of fused-ring (bicyclic) bond motifs is 1. The summed E-state index contributed by atoms with van der Waals surface area (Å²) in [5, 5.41) is 17.6. The lowest BCUT2D eigenvalue weighted by atomic mass is 9.88. The third-order valence-corrected chi connectivity index (χ3v) is 5.80. The van der Waals surface area contributed by atoms with E-state index >= 15 is 0 Å². The predicted octanol–water partition coefficient (Wildman–Crippen LogP) is 3.50. The molecule has 0 bridgehead atoms. The molecule has 3 amide bonds. The van der Waals surface area contributed by atoms with Crippen molar-refractivity contribution in [2.75, 3.05) is 27.2 Å². The molecule has 8 heteroatoms. The van der Waals surface area contributed by atoms with Crippen molar-refractivity contribution in [1.82, 2.24) is 15.5 Å². The minimum absolute atomic E-state index is 0. The standard InChI is InChI=1S/C25H27N3O4.ClH/c1-25(23(30)26-24(31)27-25)22(29)17-6-4-16(5-7-17)18-8-9-20-15-21(11-10-19(20)14-18)32-13-12-28(2)3;/h4-11,14-15,22,29H,12-13H2,1-3H3,(H2,26,27,30,31);1H/t22?,25-;/m1./s1. The molecule has 3 aromatic rings. The van der Waals surface area contributed by atoms with Crippen LogP contribution >= 0.6 is 12.4 Å². The number of nitrogens with one attached hydrogen (secondary N) is 2. The zero-order valence-electron chi connectivity index (χ0n) is 18.8. The van der Waals surface area contributed by atoms with E-state index in [2.05, 4.69) is 27.7 Å². The van der Waals surface area contributed by atoms with E-state index in [0.717, 1.165) is 34.2 Å². The fourth-order valence-electron chi connectivity index (χ4n) is 3.78. The van der Waals surface area contributed by atoms with Crippen molar-refractivity contribution in [3.63, 3.8) is 0 Å². The zero-order valence-corrected chi connectivity index (χ0v) is 19.6. The van der Waals surface area contributed by atoms with E-state index in [1.807, 2.05) is 50.5 Å². The highest BCUT2D eigenvalue weighted by molar-refractivity contribution is 6.07. The Morgan fingerprint density at radius 1 is 0.970 bits per heavy atom. The molecule has 2 atom stereocenters. The molecule has 0 aromatic heterocycles. The summed E-state index contributed by atoms with van der Waals surface area (Å²) in [6.45, 7) is 3.00. The van der Waals surface area contributed by atoms with Crippen LogP contribution in [-0.2, 0) is 4.79 Å². The van der Waals surface area contributed by atoms with Crippen LogP contribution < -0.4 is 15.4 Å².